The molecule has 1 unspecified atom stereocenters. The van der Waals surface area contributed by atoms with E-state index < -0.39 is 34.0 Å². The summed E-state index contributed by atoms with van der Waals surface area (Å²) in [6.45, 7) is 0. The van der Waals surface area contributed by atoms with E-state index in [0.29, 0.717) is 30.1 Å². The highest BCUT2D eigenvalue weighted by molar-refractivity contribution is 7.92. The summed E-state index contributed by atoms with van der Waals surface area (Å²) < 4.78 is 52.5. The lowest BCUT2D eigenvalue weighted by molar-refractivity contribution is -0.111. The zero-order valence-corrected chi connectivity index (χ0v) is 18.9. The first-order valence-electron chi connectivity index (χ1n) is 11.4. The van der Waals surface area contributed by atoms with Crippen LogP contribution in [-0.2, 0) is 14.6 Å². The van der Waals surface area contributed by atoms with Crippen molar-refractivity contribution in [1.82, 2.24) is 4.98 Å². The zero-order valence-electron chi connectivity index (χ0n) is 18.1. The summed E-state index contributed by atoms with van der Waals surface area (Å²) >= 11 is 0. The number of halogens is 2. The molecule has 1 N–H and O–H groups in total. The van der Waals surface area contributed by atoms with Crippen molar-refractivity contribution < 1.29 is 22.0 Å². The van der Waals surface area contributed by atoms with Crippen molar-refractivity contribution in [1.29, 1.82) is 0 Å². The summed E-state index contributed by atoms with van der Waals surface area (Å²) in [6, 6.07) is 9.85. The van der Waals surface area contributed by atoms with Gasteiger partial charge in [-0.05, 0) is 79.7 Å². The fraction of sp³-hybridized carbons (Fsp3) is 0.440. The number of pyridine rings is 1. The molecule has 3 aliphatic carbocycles. The van der Waals surface area contributed by atoms with E-state index in [1.807, 2.05) is 6.07 Å². The number of aromatic nitrogens is 1. The van der Waals surface area contributed by atoms with Crippen LogP contribution in [0.25, 0.3) is 5.57 Å². The number of carbonyl (C=O) groups is 1. The van der Waals surface area contributed by atoms with Crippen molar-refractivity contribution >= 4 is 27.1 Å². The largest absolute Gasteiger partial charge is 0.307 e. The van der Waals surface area contributed by atoms with Gasteiger partial charge in [0.05, 0.1) is 10.1 Å². The third-order valence-corrected chi connectivity index (χ3v) is 8.91. The minimum absolute atomic E-state index is 0.0143. The van der Waals surface area contributed by atoms with E-state index in [9.17, 15) is 22.0 Å². The van der Waals surface area contributed by atoms with E-state index in [2.05, 4.69) is 10.3 Å². The summed E-state index contributed by atoms with van der Waals surface area (Å²) in [5.74, 6) is 0.0715. The highest BCUT2D eigenvalue weighted by Crippen LogP contribution is 2.40. The van der Waals surface area contributed by atoms with Crippen molar-refractivity contribution in [3.63, 3.8) is 0 Å². The van der Waals surface area contributed by atoms with Crippen LogP contribution in [0.2, 0.25) is 0 Å². The van der Waals surface area contributed by atoms with Gasteiger partial charge < -0.3 is 5.32 Å². The molecule has 0 bridgehead atoms. The summed E-state index contributed by atoms with van der Waals surface area (Å²) in [6.07, 6.45) is 3.94. The Bertz CT molecular complexity index is 1160. The first kappa shape index (κ1) is 22.2. The van der Waals surface area contributed by atoms with Crippen LogP contribution in [0.4, 0.5) is 14.6 Å². The van der Waals surface area contributed by atoms with Crippen molar-refractivity contribution in [2.45, 2.75) is 66.9 Å². The minimum atomic E-state index is -3.35. The second-order valence-electron chi connectivity index (χ2n) is 9.32. The van der Waals surface area contributed by atoms with Crippen molar-refractivity contribution in [2.75, 3.05) is 5.32 Å². The number of benzene rings is 1. The molecule has 3 aliphatic rings. The summed E-state index contributed by atoms with van der Waals surface area (Å²) in [4.78, 5) is 17.7. The van der Waals surface area contributed by atoms with Crippen LogP contribution in [0, 0.1) is 5.92 Å². The molecule has 33 heavy (non-hydrogen) atoms. The third kappa shape index (κ3) is 4.86. The lowest BCUT2D eigenvalue weighted by atomic mass is 9.98. The molecule has 3 fully saturated rings. The van der Waals surface area contributed by atoms with E-state index in [1.165, 1.54) is 12.1 Å². The van der Waals surface area contributed by atoms with Crippen LogP contribution in [0.3, 0.4) is 0 Å². The molecule has 0 radical (unpaired) electrons. The molecule has 0 aliphatic heterocycles. The topological polar surface area (TPSA) is 76.1 Å². The third-order valence-electron chi connectivity index (χ3n) is 6.63. The molecular formula is C25H26F2N2O3S. The Morgan fingerprint density at radius 1 is 0.970 bits per heavy atom. The maximum atomic E-state index is 13.8. The Morgan fingerprint density at radius 3 is 2.18 bits per heavy atom. The normalized spacial score (nSPS) is 25.8. The molecule has 2 aromatic rings. The average Bonchev–Trinajstić information content (AvgIpc) is 3.70. The number of hydrogen-bond acceptors (Lipinski definition) is 4. The van der Waals surface area contributed by atoms with Gasteiger partial charge in [-0.25, -0.2) is 22.2 Å². The Morgan fingerprint density at radius 2 is 1.64 bits per heavy atom. The van der Waals surface area contributed by atoms with E-state index in [-0.39, 0.29) is 28.6 Å². The Balaban J connectivity index is 1.40. The lowest BCUT2D eigenvalue weighted by Crippen LogP contribution is -2.16. The molecule has 1 aromatic heterocycles. The Kier molecular flexibility index (Phi) is 5.80. The van der Waals surface area contributed by atoms with Crippen LogP contribution >= 0.6 is 0 Å². The molecule has 5 nitrogen and oxygen atoms in total. The SMILES string of the molecule is O=C(Nc1ccc(C2CC2)cn1)C(=CC1C[C@@H](F)[C@@H](F)C1)c1ccc(S(=O)(=O)C2CC2)cc1. The van der Waals surface area contributed by atoms with Crippen LogP contribution in [-0.4, -0.2) is 36.9 Å². The summed E-state index contributed by atoms with van der Waals surface area (Å²) in [5.41, 5.74) is 1.89. The van der Waals surface area contributed by atoms with Gasteiger partial charge in [-0.1, -0.05) is 24.3 Å². The standard InChI is InChI=1S/C25H26F2N2O3S/c26-22-12-15(13-23(22)27)11-21(17-3-6-19(7-4-17)33(31,32)20-8-9-20)25(30)29-24-10-5-18(14-28-24)16-1-2-16/h3-7,10-11,14-16,20,22-23H,1-2,8-9,12-13H2,(H,28,29,30)/t15?,22-,23+. The van der Waals surface area contributed by atoms with Crippen molar-refractivity contribution in [3.05, 3.63) is 59.8 Å². The van der Waals surface area contributed by atoms with Gasteiger partial charge in [0.25, 0.3) is 5.91 Å². The molecule has 8 heteroatoms. The van der Waals surface area contributed by atoms with Crippen LogP contribution in [0.5, 0.6) is 0 Å². The molecule has 1 heterocycles. The van der Waals surface area contributed by atoms with Gasteiger partial charge in [0.2, 0.25) is 0 Å². The van der Waals surface area contributed by atoms with Gasteiger partial charge in [-0.2, -0.15) is 0 Å². The van der Waals surface area contributed by atoms with E-state index >= 15 is 0 Å². The first-order chi connectivity index (χ1) is 15.8. The molecule has 3 saturated carbocycles. The van der Waals surface area contributed by atoms with Gasteiger partial charge in [0, 0.05) is 11.8 Å². The second kappa shape index (κ2) is 8.63. The number of carbonyl (C=O) groups excluding carboxylic acids is 1. The number of allylic oxidation sites excluding steroid dienone is 1. The number of nitrogens with zero attached hydrogens (tertiary/aromatic N) is 1. The summed E-state index contributed by atoms with van der Waals surface area (Å²) in [5, 5.41) is 2.45. The molecule has 1 aromatic carbocycles. The van der Waals surface area contributed by atoms with Crippen LogP contribution in [0.1, 0.15) is 55.6 Å². The van der Waals surface area contributed by atoms with Crippen LogP contribution < -0.4 is 5.32 Å². The highest BCUT2D eigenvalue weighted by Gasteiger charge is 2.37. The smallest absolute Gasteiger partial charge is 0.257 e. The number of hydrogen-bond donors (Lipinski definition) is 1. The molecule has 0 saturated heterocycles. The molecule has 174 valence electrons. The maximum absolute atomic E-state index is 13.8. The number of nitrogens with one attached hydrogen (secondary N) is 1. The minimum Gasteiger partial charge on any atom is -0.307 e. The molecular weight excluding hydrogens is 446 g/mol. The fourth-order valence-corrected chi connectivity index (χ4v) is 6.02. The average molecular weight is 473 g/mol. The quantitative estimate of drug-likeness (QED) is 0.575. The van der Waals surface area contributed by atoms with E-state index in [1.54, 1.807) is 30.5 Å². The first-order valence-corrected chi connectivity index (χ1v) is 13.0. The van der Waals surface area contributed by atoms with Gasteiger partial charge in [-0.15, -0.1) is 0 Å². The number of alkyl halides is 2. The predicted octanol–water partition coefficient (Wildman–Crippen LogP) is 5.00. The maximum Gasteiger partial charge on any atom is 0.257 e. The Hall–Kier alpha value is -2.61. The predicted molar refractivity (Wildman–Crippen MR) is 122 cm³/mol. The number of sulfone groups is 1. The van der Waals surface area contributed by atoms with Gasteiger partial charge in [0.1, 0.15) is 18.2 Å². The van der Waals surface area contributed by atoms with Crippen molar-refractivity contribution in [2.24, 2.45) is 5.92 Å². The number of rotatable bonds is 7. The van der Waals surface area contributed by atoms with E-state index in [4.69, 9.17) is 0 Å². The monoisotopic (exact) mass is 472 g/mol. The van der Waals surface area contributed by atoms with Gasteiger partial charge in [0.15, 0.2) is 9.84 Å². The summed E-state index contributed by atoms with van der Waals surface area (Å²) in [7, 11) is -3.35. The molecule has 1 amide bonds. The highest BCUT2D eigenvalue weighted by atomic mass is 32.2. The van der Waals surface area contributed by atoms with Crippen molar-refractivity contribution in [3.8, 4) is 0 Å². The second-order valence-corrected chi connectivity index (χ2v) is 11.5. The van der Waals surface area contributed by atoms with Crippen LogP contribution in [0.15, 0.2) is 53.6 Å². The van der Waals surface area contributed by atoms with Gasteiger partial charge in [-0.3, -0.25) is 4.79 Å². The molecule has 5 rings (SSSR count). The number of anilines is 1. The van der Waals surface area contributed by atoms with Gasteiger partial charge >= 0.3 is 0 Å². The molecule has 0 spiro atoms. The van der Waals surface area contributed by atoms with E-state index in [0.717, 1.165) is 18.4 Å². The lowest BCUT2D eigenvalue weighted by Gasteiger charge is -2.13. The fourth-order valence-electron chi connectivity index (χ4n) is 4.36. The molecule has 3 atom stereocenters. The zero-order chi connectivity index (χ0) is 23.2. The Labute approximate surface area is 192 Å². The number of amides is 1.